The summed E-state index contributed by atoms with van der Waals surface area (Å²) in [6.45, 7) is 4.06. The van der Waals surface area contributed by atoms with Gasteiger partial charge in [-0.2, -0.15) is 0 Å². The number of aliphatic imine (C=N–C) groups is 1. The van der Waals surface area contributed by atoms with E-state index in [2.05, 4.69) is 30.1 Å². The molecule has 8 heteroatoms. The molecule has 0 spiro atoms. The standard InChI is InChI=1S/C19H26N6O2/c1-20-18(23-14-15-5-6-16(26-2)13-17(15)27-3)24-9-11-25(12-10-24)19-21-7-4-8-22-19/h4-8,13H,9-12,14H2,1-3H3,(H,20,23). The maximum atomic E-state index is 5.47. The molecule has 3 rings (SSSR count). The van der Waals surface area contributed by atoms with E-state index in [-0.39, 0.29) is 0 Å². The van der Waals surface area contributed by atoms with E-state index in [9.17, 15) is 0 Å². The van der Waals surface area contributed by atoms with Crippen molar-refractivity contribution in [3.8, 4) is 11.5 Å². The first-order chi connectivity index (χ1) is 13.2. The van der Waals surface area contributed by atoms with Crippen LogP contribution in [0.2, 0.25) is 0 Å². The number of benzene rings is 1. The second-order valence-corrected chi connectivity index (χ2v) is 6.10. The van der Waals surface area contributed by atoms with Gasteiger partial charge in [0.15, 0.2) is 5.96 Å². The molecule has 1 aliphatic rings. The molecular formula is C19H26N6O2. The number of hydrogen-bond donors (Lipinski definition) is 1. The van der Waals surface area contributed by atoms with E-state index in [4.69, 9.17) is 9.47 Å². The summed E-state index contributed by atoms with van der Waals surface area (Å²) in [5.41, 5.74) is 1.05. The van der Waals surface area contributed by atoms with E-state index in [0.29, 0.717) is 6.54 Å². The number of guanidine groups is 1. The van der Waals surface area contributed by atoms with Crippen molar-refractivity contribution in [3.63, 3.8) is 0 Å². The number of piperazine rings is 1. The molecule has 0 amide bonds. The predicted molar refractivity (Wildman–Crippen MR) is 106 cm³/mol. The van der Waals surface area contributed by atoms with E-state index < -0.39 is 0 Å². The maximum absolute atomic E-state index is 5.47. The van der Waals surface area contributed by atoms with Crippen LogP contribution in [0.5, 0.6) is 11.5 Å². The second-order valence-electron chi connectivity index (χ2n) is 6.10. The molecule has 1 aliphatic heterocycles. The lowest BCUT2D eigenvalue weighted by Gasteiger charge is -2.36. The summed E-state index contributed by atoms with van der Waals surface area (Å²) in [5, 5.41) is 3.43. The number of aromatic nitrogens is 2. The van der Waals surface area contributed by atoms with Gasteiger partial charge in [-0.1, -0.05) is 0 Å². The van der Waals surface area contributed by atoms with Crippen LogP contribution in [-0.2, 0) is 6.54 Å². The fourth-order valence-corrected chi connectivity index (χ4v) is 3.08. The average Bonchev–Trinajstić information content (AvgIpc) is 2.75. The lowest BCUT2D eigenvalue weighted by Crippen LogP contribution is -2.52. The number of anilines is 1. The van der Waals surface area contributed by atoms with Crippen molar-refractivity contribution in [2.45, 2.75) is 6.54 Å². The summed E-state index contributed by atoms with van der Waals surface area (Å²) >= 11 is 0. The number of methoxy groups -OCH3 is 2. The third kappa shape index (κ3) is 4.58. The molecule has 0 bridgehead atoms. The topological polar surface area (TPSA) is 75.1 Å². The van der Waals surface area contributed by atoms with Crippen LogP contribution < -0.4 is 19.7 Å². The van der Waals surface area contributed by atoms with Crippen LogP contribution >= 0.6 is 0 Å². The Morgan fingerprint density at radius 3 is 2.48 bits per heavy atom. The Bertz CT molecular complexity index is 760. The number of hydrogen-bond acceptors (Lipinski definition) is 6. The first-order valence-corrected chi connectivity index (χ1v) is 8.93. The molecule has 0 atom stereocenters. The molecule has 1 N–H and O–H groups in total. The second kappa shape index (κ2) is 9.07. The van der Waals surface area contributed by atoms with E-state index >= 15 is 0 Å². The summed E-state index contributed by atoms with van der Waals surface area (Å²) in [6, 6.07) is 7.65. The number of nitrogens with zero attached hydrogens (tertiary/aromatic N) is 5. The highest BCUT2D eigenvalue weighted by Crippen LogP contribution is 2.24. The Kier molecular flexibility index (Phi) is 6.30. The van der Waals surface area contributed by atoms with Crippen molar-refractivity contribution in [1.29, 1.82) is 0 Å². The Balaban J connectivity index is 1.57. The van der Waals surface area contributed by atoms with Crippen molar-refractivity contribution in [2.75, 3.05) is 52.3 Å². The summed E-state index contributed by atoms with van der Waals surface area (Å²) in [4.78, 5) is 17.5. The molecule has 0 aliphatic carbocycles. The quantitative estimate of drug-likeness (QED) is 0.630. The summed E-state index contributed by atoms with van der Waals surface area (Å²) in [7, 11) is 5.12. The fraction of sp³-hybridized carbons (Fsp3) is 0.421. The third-order valence-electron chi connectivity index (χ3n) is 4.56. The van der Waals surface area contributed by atoms with E-state index in [0.717, 1.165) is 55.1 Å². The minimum Gasteiger partial charge on any atom is -0.497 e. The Hall–Kier alpha value is -3.03. The van der Waals surface area contributed by atoms with Gasteiger partial charge in [-0.05, 0) is 18.2 Å². The van der Waals surface area contributed by atoms with Crippen LogP contribution in [0.3, 0.4) is 0 Å². The van der Waals surface area contributed by atoms with Gasteiger partial charge in [0.05, 0.1) is 14.2 Å². The molecule has 0 unspecified atom stereocenters. The van der Waals surface area contributed by atoms with Crippen LogP contribution in [0.25, 0.3) is 0 Å². The van der Waals surface area contributed by atoms with Gasteiger partial charge in [0, 0.05) is 63.8 Å². The van der Waals surface area contributed by atoms with Gasteiger partial charge in [0.2, 0.25) is 5.95 Å². The molecule has 1 fully saturated rings. The zero-order valence-electron chi connectivity index (χ0n) is 16.1. The van der Waals surface area contributed by atoms with Crippen molar-refractivity contribution in [1.82, 2.24) is 20.2 Å². The van der Waals surface area contributed by atoms with Gasteiger partial charge < -0.3 is 24.6 Å². The van der Waals surface area contributed by atoms with Gasteiger partial charge in [0.1, 0.15) is 11.5 Å². The minimum atomic E-state index is 0.627. The van der Waals surface area contributed by atoms with Crippen molar-refractivity contribution in [3.05, 3.63) is 42.2 Å². The third-order valence-corrected chi connectivity index (χ3v) is 4.56. The number of rotatable bonds is 5. The first-order valence-electron chi connectivity index (χ1n) is 8.93. The molecule has 2 aromatic rings. The Morgan fingerprint density at radius 2 is 1.85 bits per heavy atom. The fourth-order valence-electron chi connectivity index (χ4n) is 3.08. The van der Waals surface area contributed by atoms with Gasteiger partial charge >= 0.3 is 0 Å². The molecule has 2 heterocycles. The summed E-state index contributed by atoms with van der Waals surface area (Å²) in [5.74, 6) is 3.23. The largest absolute Gasteiger partial charge is 0.497 e. The van der Waals surface area contributed by atoms with Crippen LogP contribution in [0.15, 0.2) is 41.7 Å². The van der Waals surface area contributed by atoms with Gasteiger partial charge in [-0.3, -0.25) is 4.99 Å². The van der Waals surface area contributed by atoms with Crippen LogP contribution in [0.4, 0.5) is 5.95 Å². The predicted octanol–water partition coefficient (Wildman–Crippen LogP) is 1.39. The molecule has 27 heavy (non-hydrogen) atoms. The van der Waals surface area contributed by atoms with Crippen LogP contribution in [-0.4, -0.2) is 68.3 Å². The zero-order valence-corrected chi connectivity index (χ0v) is 16.1. The van der Waals surface area contributed by atoms with Crippen LogP contribution in [0, 0.1) is 0 Å². The van der Waals surface area contributed by atoms with E-state index in [1.807, 2.05) is 24.3 Å². The highest BCUT2D eigenvalue weighted by molar-refractivity contribution is 5.80. The number of ether oxygens (including phenoxy) is 2. The van der Waals surface area contributed by atoms with E-state index in [1.165, 1.54) is 0 Å². The highest BCUT2D eigenvalue weighted by Gasteiger charge is 2.21. The zero-order chi connectivity index (χ0) is 19.1. The minimum absolute atomic E-state index is 0.627. The Morgan fingerprint density at radius 1 is 1.11 bits per heavy atom. The monoisotopic (exact) mass is 370 g/mol. The van der Waals surface area contributed by atoms with Crippen LogP contribution in [0.1, 0.15) is 5.56 Å². The van der Waals surface area contributed by atoms with Gasteiger partial charge in [-0.25, -0.2) is 9.97 Å². The highest BCUT2D eigenvalue weighted by atomic mass is 16.5. The molecule has 1 saturated heterocycles. The molecule has 1 aromatic carbocycles. The summed E-state index contributed by atoms with van der Waals surface area (Å²) < 4.78 is 10.7. The molecule has 144 valence electrons. The molecular weight excluding hydrogens is 344 g/mol. The lowest BCUT2D eigenvalue weighted by molar-refractivity contribution is 0.368. The first kappa shape index (κ1) is 18.8. The molecule has 0 saturated carbocycles. The van der Waals surface area contributed by atoms with E-state index in [1.54, 1.807) is 33.7 Å². The number of nitrogens with one attached hydrogen (secondary N) is 1. The van der Waals surface area contributed by atoms with Gasteiger partial charge in [0.25, 0.3) is 0 Å². The normalized spacial score (nSPS) is 14.9. The molecule has 0 radical (unpaired) electrons. The lowest BCUT2D eigenvalue weighted by atomic mass is 10.2. The molecule has 8 nitrogen and oxygen atoms in total. The van der Waals surface area contributed by atoms with Crippen molar-refractivity contribution < 1.29 is 9.47 Å². The van der Waals surface area contributed by atoms with Gasteiger partial charge in [-0.15, -0.1) is 0 Å². The van der Waals surface area contributed by atoms with Crippen molar-refractivity contribution >= 4 is 11.9 Å². The summed E-state index contributed by atoms with van der Waals surface area (Å²) in [6.07, 6.45) is 3.55. The smallest absolute Gasteiger partial charge is 0.225 e. The SMILES string of the molecule is CN=C(NCc1ccc(OC)cc1OC)N1CCN(c2ncccn2)CC1. The molecule has 1 aromatic heterocycles. The maximum Gasteiger partial charge on any atom is 0.225 e. The average molecular weight is 370 g/mol. The Labute approximate surface area is 159 Å². The van der Waals surface area contributed by atoms with Crippen molar-refractivity contribution in [2.24, 2.45) is 4.99 Å².